The number of benzene rings is 2. The number of rotatable bonds is 10. The standard InChI is InChI=1S/C34H38FN7O4S/c1-23-7-10-30(21-36-23)39-34(44)42(32-6-4-5-27(35)18-32)31-13-15-41(16-14-31)22-25-8-11-28(37-20-25)17-26-9-12-29(40-47(3,45)46)19-33(26)38-24(2)43/h4-12,18-21,31,40H,13-17,22H2,1-3H3,(H,38,43)(H,39,44). The molecule has 1 saturated heterocycles. The maximum absolute atomic E-state index is 14.2. The summed E-state index contributed by atoms with van der Waals surface area (Å²) in [5, 5.41) is 5.69. The smallest absolute Gasteiger partial charge is 0.326 e. The van der Waals surface area contributed by atoms with Crippen LogP contribution in [0.15, 0.2) is 79.1 Å². The molecule has 246 valence electrons. The second-order valence-electron chi connectivity index (χ2n) is 11.7. The Hall–Kier alpha value is -4.88. The van der Waals surface area contributed by atoms with Crippen LogP contribution >= 0.6 is 0 Å². The van der Waals surface area contributed by atoms with Crippen molar-refractivity contribution in [3.8, 4) is 0 Å². The molecule has 13 heteroatoms. The monoisotopic (exact) mass is 659 g/mol. The van der Waals surface area contributed by atoms with Crippen molar-refractivity contribution in [3.05, 3.63) is 107 Å². The second-order valence-corrected chi connectivity index (χ2v) is 13.5. The molecule has 47 heavy (non-hydrogen) atoms. The van der Waals surface area contributed by atoms with Crippen LogP contribution in [0, 0.1) is 12.7 Å². The number of urea groups is 1. The Morgan fingerprint density at radius 1 is 0.957 bits per heavy atom. The van der Waals surface area contributed by atoms with Crippen LogP contribution in [0.5, 0.6) is 0 Å². The van der Waals surface area contributed by atoms with E-state index in [2.05, 4.69) is 30.2 Å². The van der Waals surface area contributed by atoms with E-state index in [1.165, 1.54) is 19.1 Å². The quantitative estimate of drug-likeness (QED) is 0.203. The van der Waals surface area contributed by atoms with Crippen LogP contribution in [0.4, 0.5) is 31.9 Å². The predicted molar refractivity (Wildman–Crippen MR) is 181 cm³/mol. The highest BCUT2D eigenvalue weighted by atomic mass is 32.2. The highest BCUT2D eigenvalue weighted by Crippen LogP contribution is 2.27. The van der Waals surface area contributed by atoms with Gasteiger partial charge in [-0.25, -0.2) is 17.6 Å². The Balaban J connectivity index is 1.21. The summed E-state index contributed by atoms with van der Waals surface area (Å²) in [5.74, 6) is -0.670. The Kier molecular flexibility index (Phi) is 10.5. The Labute approximate surface area is 274 Å². The lowest BCUT2D eigenvalue weighted by molar-refractivity contribution is -0.114. The maximum Gasteiger partial charge on any atom is 0.326 e. The van der Waals surface area contributed by atoms with Crippen LogP contribution in [0.2, 0.25) is 0 Å². The maximum atomic E-state index is 14.2. The molecule has 0 aliphatic carbocycles. The third kappa shape index (κ3) is 9.56. The molecule has 3 heterocycles. The summed E-state index contributed by atoms with van der Waals surface area (Å²) in [5.41, 5.74) is 5.41. The number of halogens is 1. The zero-order valence-electron chi connectivity index (χ0n) is 26.5. The number of hydrogen-bond donors (Lipinski definition) is 3. The Bertz CT molecular complexity index is 1830. The van der Waals surface area contributed by atoms with Gasteiger partial charge < -0.3 is 10.6 Å². The topological polar surface area (TPSA) is 137 Å². The van der Waals surface area contributed by atoms with Crippen LogP contribution in [-0.2, 0) is 27.8 Å². The SMILES string of the molecule is CC(=O)Nc1cc(NS(C)(=O)=O)ccc1Cc1ccc(CN2CCC(N(C(=O)Nc3ccc(C)nc3)c3cccc(F)c3)CC2)cn1. The molecule has 0 radical (unpaired) electrons. The first-order chi connectivity index (χ1) is 22.4. The number of likely N-dealkylation sites (tertiary alicyclic amines) is 1. The Morgan fingerprint density at radius 2 is 1.72 bits per heavy atom. The molecule has 0 bridgehead atoms. The van der Waals surface area contributed by atoms with E-state index >= 15 is 0 Å². The summed E-state index contributed by atoms with van der Waals surface area (Å²) in [4.78, 5) is 38.1. The van der Waals surface area contributed by atoms with Crippen molar-refractivity contribution in [1.82, 2.24) is 14.9 Å². The van der Waals surface area contributed by atoms with Gasteiger partial charge in [0.05, 0.1) is 23.8 Å². The number of hydrogen-bond acceptors (Lipinski definition) is 7. The number of amides is 3. The number of carbonyl (C=O) groups is 2. The molecule has 0 spiro atoms. The van der Waals surface area contributed by atoms with Gasteiger partial charge >= 0.3 is 6.03 Å². The van der Waals surface area contributed by atoms with Gasteiger partial charge in [0.2, 0.25) is 15.9 Å². The van der Waals surface area contributed by atoms with E-state index in [1.807, 2.05) is 31.3 Å². The fourth-order valence-electron chi connectivity index (χ4n) is 5.60. The molecule has 11 nitrogen and oxygen atoms in total. The Morgan fingerprint density at radius 3 is 2.36 bits per heavy atom. The molecule has 0 atom stereocenters. The highest BCUT2D eigenvalue weighted by molar-refractivity contribution is 7.92. The van der Waals surface area contributed by atoms with Crippen LogP contribution in [-0.4, -0.2) is 60.6 Å². The first-order valence-electron chi connectivity index (χ1n) is 15.2. The number of carbonyl (C=O) groups excluding carboxylic acids is 2. The van der Waals surface area contributed by atoms with Gasteiger partial charge in [0, 0.05) is 68.0 Å². The molecule has 0 saturated carbocycles. The van der Waals surface area contributed by atoms with Crippen molar-refractivity contribution in [2.45, 2.75) is 45.7 Å². The minimum absolute atomic E-state index is 0.121. The van der Waals surface area contributed by atoms with Gasteiger partial charge in [-0.15, -0.1) is 0 Å². The zero-order chi connectivity index (χ0) is 33.6. The number of pyridine rings is 2. The minimum atomic E-state index is -3.47. The van der Waals surface area contributed by atoms with E-state index in [0.717, 1.165) is 41.9 Å². The number of sulfonamides is 1. The lowest BCUT2D eigenvalue weighted by Crippen LogP contribution is -2.49. The van der Waals surface area contributed by atoms with Gasteiger partial charge in [-0.05, 0) is 79.4 Å². The van der Waals surface area contributed by atoms with Crippen LogP contribution in [0.3, 0.4) is 0 Å². The number of nitrogens with zero attached hydrogens (tertiary/aromatic N) is 4. The molecule has 4 aromatic rings. The summed E-state index contributed by atoms with van der Waals surface area (Å²) < 4.78 is 39.9. The fraction of sp³-hybridized carbons (Fsp3) is 0.294. The number of anilines is 4. The fourth-order valence-corrected chi connectivity index (χ4v) is 6.16. The molecule has 5 rings (SSSR count). The first kappa shape index (κ1) is 33.5. The molecule has 1 aliphatic rings. The molecule has 2 aromatic carbocycles. The van der Waals surface area contributed by atoms with E-state index in [1.54, 1.807) is 47.5 Å². The molecule has 3 N–H and O–H groups in total. The van der Waals surface area contributed by atoms with Gasteiger partial charge in [0.15, 0.2) is 0 Å². The summed E-state index contributed by atoms with van der Waals surface area (Å²) in [7, 11) is -3.47. The van der Waals surface area contributed by atoms with Gasteiger partial charge in [0.25, 0.3) is 0 Å². The van der Waals surface area contributed by atoms with Crippen LogP contribution < -0.4 is 20.3 Å². The normalized spacial score (nSPS) is 14.0. The molecule has 1 fully saturated rings. The predicted octanol–water partition coefficient (Wildman–Crippen LogP) is 5.55. The molecule has 2 aromatic heterocycles. The third-order valence-electron chi connectivity index (χ3n) is 7.78. The summed E-state index contributed by atoms with van der Waals surface area (Å²) in [6.45, 7) is 5.44. The molecule has 3 amide bonds. The van der Waals surface area contributed by atoms with Crippen molar-refractivity contribution >= 4 is 44.7 Å². The molecule has 0 unspecified atom stereocenters. The number of piperidine rings is 1. The average Bonchev–Trinajstić information content (AvgIpc) is 3.00. The van der Waals surface area contributed by atoms with Crippen molar-refractivity contribution in [3.63, 3.8) is 0 Å². The number of nitrogens with one attached hydrogen (secondary N) is 3. The summed E-state index contributed by atoms with van der Waals surface area (Å²) >= 11 is 0. The largest absolute Gasteiger partial charge is 0.326 e. The van der Waals surface area contributed by atoms with E-state index in [0.29, 0.717) is 48.6 Å². The van der Waals surface area contributed by atoms with Crippen molar-refractivity contribution < 1.29 is 22.4 Å². The van der Waals surface area contributed by atoms with Crippen LogP contribution in [0.25, 0.3) is 0 Å². The lowest BCUT2D eigenvalue weighted by atomic mass is 10.0. The van der Waals surface area contributed by atoms with Crippen molar-refractivity contribution in [2.24, 2.45) is 0 Å². The van der Waals surface area contributed by atoms with E-state index < -0.39 is 15.8 Å². The average molecular weight is 660 g/mol. The highest BCUT2D eigenvalue weighted by Gasteiger charge is 2.30. The summed E-state index contributed by atoms with van der Waals surface area (Å²) in [6.07, 6.45) is 6.36. The lowest BCUT2D eigenvalue weighted by Gasteiger charge is -2.38. The van der Waals surface area contributed by atoms with Crippen LogP contribution in [0.1, 0.15) is 42.3 Å². The van der Waals surface area contributed by atoms with Gasteiger partial charge in [0.1, 0.15) is 5.82 Å². The van der Waals surface area contributed by atoms with Crippen molar-refractivity contribution in [1.29, 1.82) is 0 Å². The van der Waals surface area contributed by atoms with Crippen molar-refractivity contribution in [2.75, 3.05) is 39.6 Å². The molecule has 1 aliphatic heterocycles. The zero-order valence-corrected chi connectivity index (χ0v) is 27.4. The molecular weight excluding hydrogens is 621 g/mol. The van der Waals surface area contributed by atoms with E-state index in [-0.39, 0.29) is 18.0 Å². The van der Waals surface area contributed by atoms with E-state index in [9.17, 15) is 22.4 Å². The van der Waals surface area contributed by atoms with Gasteiger partial charge in [-0.3, -0.25) is 29.3 Å². The van der Waals surface area contributed by atoms with E-state index in [4.69, 9.17) is 0 Å². The first-order valence-corrected chi connectivity index (χ1v) is 17.1. The number of aromatic nitrogens is 2. The van der Waals surface area contributed by atoms with Gasteiger partial charge in [-0.2, -0.15) is 0 Å². The number of aryl methyl sites for hydroxylation is 1. The minimum Gasteiger partial charge on any atom is -0.326 e. The molecular formula is C34H38FN7O4S. The third-order valence-corrected chi connectivity index (χ3v) is 8.38. The second kappa shape index (κ2) is 14.7. The summed E-state index contributed by atoms with van der Waals surface area (Å²) in [6, 6.07) is 18.2. The van der Waals surface area contributed by atoms with Gasteiger partial charge in [-0.1, -0.05) is 18.2 Å².